The summed E-state index contributed by atoms with van der Waals surface area (Å²) in [6, 6.07) is 10.2. The first-order chi connectivity index (χ1) is 12.4. The van der Waals surface area contributed by atoms with Gasteiger partial charge in [0.2, 0.25) is 5.91 Å². The second-order valence-electron chi connectivity index (χ2n) is 5.38. The molecule has 26 heavy (non-hydrogen) atoms. The number of nitrogens with one attached hydrogen (secondary N) is 1. The quantitative estimate of drug-likeness (QED) is 0.740. The molecular formula is C18H18BrClN2O4. The molecule has 2 aromatic carbocycles. The largest absolute Gasteiger partial charge is 0.493 e. The van der Waals surface area contributed by atoms with E-state index in [1.807, 2.05) is 12.1 Å². The molecule has 0 spiro atoms. The maximum absolute atomic E-state index is 12.6. The highest BCUT2D eigenvalue weighted by atomic mass is 79.9. The Bertz CT molecular complexity index is 829. The third-order valence-corrected chi connectivity index (χ3v) is 4.53. The number of rotatable bonds is 6. The Morgan fingerprint density at radius 2 is 1.88 bits per heavy atom. The number of hydrogen-bond acceptors (Lipinski definition) is 4. The van der Waals surface area contributed by atoms with Crippen LogP contribution in [0.15, 0.2) is 40.9 Å². The number of nitrogens with zero attached hydrogens (tertiary/aromatic N) is 1. The van der Waals surface area contributed by atoms with Crippen molar-refractivity contribution < 1.29 is 19.1 Å². The number of ether oxygens (including phenoxy) is 2. The van der Waals surface area contributed by atoms with Gasteiger partial charge in [-0.1, -0.05) is 23.7 Å². The number of likely N-dealkylation sites (N-methyl/N-ethyl adjacent to an activating group) is 1. The van der Waals surface area contributed by atoms with Crippen LogP contribution in [0.2, 0.25) is 5.02 Å². The number of carbonyl (C=O) groups excluding carboxylic acids is 2. The Morgan fingerprint density at radius 3 is 2.50 bits per heavy atom. The summed E-state index contributed by atoms with van der Waals surface area (Å²) in [6.45, 7) is -0.119. The molecule has 0 saturated heterocycles. The Hall–Kier alpha value is -2.25. The highest BCUT2D eigenvalue weighted by molar-refractivity contribution is 9.10. The van der Waals surface area contributed by atoms with Gasteiger partial charge in [-0.2, -0.15) is 0 Å². The lowest BCUT2D eigenvalue weighted by atomic mass is 10.1. The van der Waals surface area contributed by atoms with E-state index in [9.17, 15) is 9.59 Å². The first-order valence-corrected chi connectivity index (χ1v) is 8.75. The first kappa shape index (κ1) is 20.1. The van der Waals surface area contributed by atoms with E-state index in [1.165, 1.54) is 38.3 Å². The van der Waals surface area contributed by atoms with Crippen LogP contribution in [0, 0.1) is 0 Å². The molecule has 0 radical (unpaired) electrons. The maximum Gasteiger partial charge on any atom is 0.254 e. The number of carbonyl (C=O) groups is 2. The maximum atomic E-state index is 12.6. The van der Waals surface area contributed by atoms with E-state index in [1.54, 1.807) is 12.1 Å². The normalized spacial score (nSPS) is 10.2. The molecule has 2 aromatic rings. The molecule has 0 unspecified atom stereocenters. The number of para-hydroxylation sites is 1. The molecule has 1 N–H and O–H groups in total. The molecule has 0 aliphatic rings. The van der Waals surface area contributed by atoms with Crippen LogP contribution in [0.5, 0.6) is 11.5 Å². The zero-order valence-corrected chi connectivity index (χ0v) is 16.8. The van der Waals surface area contributed by atoms with Crippen molar-refractivity contribution in [2.24, 2.45) is 0 Å². The van der Waals surface area contributed by atoms with Crippen LogP contribution >= 0.6 is 27.5 Å². The van der Waals surface area contributed by atoms with Crippen LogP contribution in [-0.2, 0) is 4.79 Å². The van der Waals surface area contributed by atoms with E-state index in [-0.39, 0.29) is 23.4 Å². The summed E-state index contributed by atoms with van der Waals surface area (Å²) in [4.78, 5) is 26.1. The molecule has 0 aromatic heterocycles. The molecule has 2 rings (SSSR count). The molecule has 0 aliphatic heterocycles. The summed E-state index contributed by atoms with van der Waals surface area (Å²) >= 11 is 9.49. The lowest BCUT2D eigenvalue weighted by molar-refractivity contribution is -0.116. The number of benzene rings is 2. The fourth-order valence-corrected chi connectivity index (χ4v) is 2.97. The third kappa shape index (κ3) is 4.68. The van der Waals surface area contributed by atoms with Crippen LogP contribution in [-0.4, -0.2) is 44.5 Å². The fourth-order valence-electron chi connectivity index (χ4n) is 2.30. The standard InChI is InChI=1S/C18H18BrClN2O4/c1-22(10-16(23)21-14-7-5-4-6-12(14)19)18(24)11-8-13(20)17(26-3)15(9-11)25-2/h4-9H,10H2,1-3H3,(H,21,23). The van der Waals surface area contributed by atoms with Gasteiger partial charge in [0, 0.05) is 17.1 Å². The van der Waals surface area contributed by atoms with Gasteiger partial charge < -0.3 is 19.7 Å². The number of halogens is 2. The summed E-state index contributed by atoms with van der Waals surface area (Å²) < 4.78 is 11.1. The van der Waals surface area contributed by atoms with E-state index < -0.39 is 0 Å². The minimum Gasteiger partial charge on any atom is -0.493 e. The van der Waals surface area contributed by atoms with E-state index >= 15 is 0 Å². The van der Waals surface area contributed by atoms with Crippen molar-refractivity contribution in [3.8, 4) is 11.5 Å². The zero-order chi connectivity index (χ0) is 19.3. The van der Waals surface area contributed by atoms with E-state index in [4.69, 9.17) is 21.1 Å². The van der Waals surface area contributed by atoms with Gasteiger partial charge in [-0.3, -0.25) is 9.59 Å². The molecule has 0 fully saturated rings. The molecule has 8 heteroatoms. The number of hydrogen-bond donors (Lipinski definition) is 1. The predicted molar refractivity (Wildman–Crippen MR) is 104 cm³/mol. The van der Waals surface area contributed by atoms with E-state index in [0.29, 0.717) is 22.7 Å². The Morgan fingerprint density at radius 1 is 1.19 bits per heavy atom. The monoisotopic (exact) mass is 440 g/mol. The molecule has 138 valence electrons. The molecule has 2 amide bonds. The van der Waals surface area contributed by atoms with Gasteiger partial charge in [-0.25, -0.2) is 0 Å². The van der Waals surface area contributed by atoms with Crippen molar-refractivity contribution in [1.29, 1.82) is 0 Å². The summed E-state index contributed by atoms with van der Waals surface area (Å²) in [6.07, 6.45) is 0. The van der Waals surface area contributed by atoms with Crippen molar-refractivity contribution in [1.82, 2.24) is 4.90 Å². The summed E-state index contributed by atoms with van der Waals surface area (Å²) in [5, 5.41) is 3.00. The lowest BCUT2D eigenvalue weighted by Crippen LogP contribution is -2.35. The number of amides is 2. The van der Waals surface area contributed by atoms with Crippen LogP contribution < -0.4 is 14.8 Å². The molecule has 0 aliphatic carbocycles. The van der Waals surface area contributed by atoms with Crippen LogP contribution in [0.1, 0.15) is 10.4 Å². The Labute approximate surface area is 165 Å². The van der Waals surface area contributed by atoms with Gasteiger partial charge >= 0.3 is 0 Å². The molecule has 6 nitrogen and oxygen atoms in total. The predicted octanol–water partition coefficient (Wildman–Crippen LogP) is 3.83. The topological polar surface area (TPSA) is 67.9 Å². The first-order valence-electron chi connectivity index (χ1n) is 7.58. The highest BCUT2D eigenvalue weighted by Crippen LogP contribution is 2.36. The van der Waals surface area contributed by atoms with Crippen molar-refractivity contribution in [3.63, 3.8) is 0 Å². The molecular weight excluding hydrogens is 424 g/mol. The van der Waals surface area contributed by atoms with Crippen LogP contribution in [0.25, 0.3) is 0 Å². The summed E-state index contributed by atoms with van der Waals surface area (Å²) in [5.74, 6) is 0.00362. The minimum atomic E-state index is -0.366. The van der Waals surface area contributed by atoms with Crippen molar-refractivity contribution in [3.05, 3.63) is 51.5 Å². The van der Waals surface area contributed by atoms with Crippen molar-refractivity contribution in [2.75, 3.05) is 33.1 Å². The molecule has 0 heterocycles. The van der Waals surface area contributed by atoms with E-state index in [2.05, 4.69) is 21.2 Å². The van der Waals surface area contributed by atoms with Gasteiger partial charge in [0.1, 0.15) is 0 Å². The number of anilines is 1. The van der Waals surface area contributed by atoms with Gasteiger partial charge in [0.25, 0.3) is 5.91 Å². The second kappa shape index (κ2) is 8.91. The molecule has 0 atom stereocenters. The number of methoxy groups -OCH3 is 2. The van der Waals surface area contributed by atoms with Gasteiger partial charge in [-0.05, 0) is 40.2 Å². The smallest absolute Gasteiger partial charge is 0.254 e. The lowest BCUT2D eigenvalue weighted by Gasteiger charge is -2.18. The molecule has 0 bridgehead atoms. The van der Waals surface area contributed by atoms with Gasteiger partial charge in [0.05, 0.1) is 31.5 Å². The van der Waals surface area contributed by atoms with Crippen LogP contribution in [0.3, 0.4) is 0 Å². The summed E-state index contributed by atoms with van der Waals surface area (Å²) in [5.41, 5.74) is 0.927. The second-order valence-corrected chi connectivity index (χ2v) is 6.64. The van der Waals surface area contributed by atoms with Crippen molar-refractivity contribution >= 4 is 45.0 Å². The Balaban J connectivity index is 2.11. The van der Waals surface area contributed by atoms with Crippen molar-refractivity contribution in [2.45, 2.75) is 0 Å². The SMILES string of the molecule is COc1cc(C(=O)N(C)CC(=O)Nc2ccccc2Br)cc(Cl)c1OC. The van der Waals surface area contributed by atoms with Gasteiger partial charge in [-0.15, -0.1) is 0 Å². The van der Waals surface area contributed by atoms with E-state index in [0.717, 1.165) is 4.47 Å². The highest BCUT2D eigenvalue weighted by Gasteiger charge is 2.19. The van der Waals surface area contributed by atoms with Gasteiger partial charge in [0.15, 0.2) is 11.5 Å². The fraction of sp³-hybridized carbons (Fsp3) is 0.222. The third-order valence-electron chi connectivity index (χ3n) is 3.56. The summed E-state index contributed by atoms with van der Waals surface area (Å²) in [7, 11) is 4.45. The average Bonchev–Trinajstić information content (AvgIpc) is 2.62. The molecule has 0 saturated carbocycles. The Kier molecular flexibility index (Phi) is 6.88. The van der Waals surface area contributed by atoms with Crippen LogP contribution in [0.4, 0.5) is 5.69 Å². The zero-order valence-electron chi connectivity index (χ0n) is 14.5. The minimum absolute atomic E-state index is 0.119. The average molecular weight is 442 g/mol.